The van der Waals surface area contributed by atoms with Crippen LogP contribution in [0.25, 0.3) is 0 Å². The van der Waals surface area contributed by atoms with E-state index in [4.69, 9.17) is 9.16 Å². The molecule has 0 bridgehead atoms. The van der Waals surface area contributed by atoms with E-state index in [1.54, 1.807) is 12.5 Å². The second kappa shape index (κ2) is 4.70. The lowest BCUT2D eigenvalue weighted by atomic mass is 10.2. The summed E-state index contributed by atoms with van der Waals surface area (Å²) in [6, 6.07) is 0. The van der Waals surface area contributed by atoms with E-state index in [0.717, 1.165) is 0 Å². The van der Waals surface area contributed by atoms with Gasteiger partial charge < -0.3 is 9.16 Å². The van der Waals surface area contributed by atoms with Crippen LogP contribution in [0.4, 0.5) is 0 Å². The quantitative estimate of drug-likeness (QED) is 0.513. The molecular formula is C10H22O2Si. The molecule has 0 rings (SSSR count). The lowest BCUT2D eigenvalue weighted by Crippen LogP contribution is -2.39. The van der Waals surface area contributed by atoms with Gasteiger partial charge in [0, 0.05) is 0 Å². The molecule has 3 heteroatoms. The van der Waals surface area contributed by atoms with Gasteiger partial charge in [-0.1, -0.05) is 20.8 Å². The molecule has 0 unspecified atom stereocenters. The number of hydrogen-bond acceptors (Lipinski definition) is 2. The first-order chi connectivity index (χ1) is 5.81. The van der Waals surface area contributed by atoms with Crippen LogP contribution < -0.4 is 0 Å². The minimum absolute atomic E-state index is 0.254. The fraction of sp³-hybridized carbons (Fsp3) is 0.800. The van der Waals surface area contributed by atoms with Crippen LogP contribution in [-0.2, 0) is 9.16 Å². The normalized spacial score (nSPS) is 13.4. The molecule has 78 valence electrons. The highest BCUT2D eigenvalue weighted by atomic mass is 28.4. The van der Waals surface area contributed by atoms with E-state index in [0.29, 0.717) is 6.61 Å². The summed E-state index contributed by atoms with van der Waals surface area (Å²) in [4.78, 5) is 0. The zero-order valence-electron chi connectivity index (χ0n) is 9.68. The highest BCUT2D eigenvalue weighted by Gasteiger charge is 2.37. The molecule has 0 saturated carbocycles. The summed E-state index contributed by atoms with van der Waals surface area (Å²) in [6.45, 7) is 13.7. The molecule has 0 amide bonds. The molecule has 0 aliphatic carbocycles. The molecule has 0 heterocycles. The Morgan fingerprint density at radius 1 is 1.15 bits per heavy atom. The average Bonchev–Trinajstić information content (AvgIpc) is 1.96. The van der Waals surface area contributed by atoms with Gasteiger partial charge in [0.25, 0.3) is 0 Å². The molecule has 0 saturated heterocycles. The second-order valence-electron chi connectivity index (χ2n) is 4.61. The maximum absolute atomic E-state index is 5.73. The molecule has 13 heavy (non-hydrogen) atoms. The molecule has 0 fully saturated rings. The fourth-order valence-corrected chi connectivity index (χ4v) is 1.26. The summed E-state index contributed by atoms with van der Waals surface area (Å²) in [7, 11) is -1.62. The van der Waals surface area contributed by atoms with Crippen molar-refractivity contribution in [2.24, 2.45) is 0 Å². The largest absolute Gasteiger partial charge is 0.546 e. The van der Waals surface area contributed by atoms with Crippen LogP contribution in [0.5, 0.6) is 0 Å². The van der Waals surface area contributed by atoms with E-state index in [1.165, 1.54) is 0 Å². The maximum atomic E-state index is 5.73. The summed E-state index contributed by atoms with van der Waals surface area (Å²) in [5, 5.41) is 0.254. The Morgan fingerprint density at radius 2 is 1.69 bits per heavy atom. The Kier molecular flexibility index (Phi) is 4.54. The van der Waals surface area contributed by atoms with Crippen LogP contribution in [0.2, 0.25) is 18.1 Å². The van der Waals surface area contributed by atoms with Crippen LogP contribution in [0.15, 0.2) is 12.5 Å². The first-order valence-corrected chi connectivity index (χ1v) is 7.66. The predicted octanol–water partition coefficient (Wildman–Crippen LogP) is 3.52. The minimum Gasteiger partial charge on any atom is -0.546 e. The second-order valence-corrected chi connectivity index (χ2v) is 9.36. The van der Waals surface area contributed by atoms with Gasteiger partial charge >= 0.3 is 0 Å². The summed E-state index contributed by atoms with van der Waals surface area (Å²) >= 11 is 0. The number of hydrogen-bond donors (Lipinski definition) is 0. The fourth-order valence-electron chi connectivity index (χ4n) is 0.510. The van der Waals surface area contributed by atoms with Crippen LogP contribution in [-0.4, -0.2) is 14.9 Å². The van der Waals surface area contributed by atoms with E-state index in [1.807, 2.05) is 6.92 Å². The molecular weight excluding hydrogens is 180 g/mol. The molecule has 0 aliphatic heterocycles. The van der Waals surface area contributed by atoms with Crippen molar-refractivity contribution in [1.29, 1.82) is 0 Å². The van der Waals surface area contributed by atoms with Crippen LogP contribution >= 0.6 is 0 Å². The van der Waals surface area contributed by atoms with E-state index >= 15 is 0 Å². The van der Waals surface area contributed by atoms with Crippen molar-refractivity contribution in [2.75, 3.05) is 6.61 Å². The smallest absolute Gasteiger partial charge is 0.249 e. The van der Waals surface area contributed by atoms with E-state index < -0.39 is 8.32 Å². The van der Waals surface area contributed by atoms with E-state index in [2.05, 4.69) is 33.9 Å². The lowest BCUT2D eigenvalue weighted by molar-refractivity contribution is 0.256. The minimum atomic E-state index is -1.62. The van der Waals surface area contributed by atoms with Crippen molar-refractivity contribution in [3.05, 3.63) is 12.5 Å². The number of ether oxygens (including phenoxy) is 1. The highest BCUT2D eigenvalue weighted by Crippen LogP contribution is 2.36. The Morgan fingerprint density at radius 3 is 2.08 bits per heavy atom. The average molecular weight is 202 g/mol. The zero-order valence-corrected chi connectivity index (χ0v) is 10.7. The molecule has 0 atom stereocenters. The van der Waals surface area contributed by atoms with Crippen LogP contribution in [0.3, 0.4) is 0 Å². The summed E-state index contributed by atoms with van der Waals surface area (Å²) in [5.41, 5.74) is 0. The summed E-state index contributed by atoms with van der Waals surface area (Å²) in [6.07, 6.45) is 3.31. The van der Waals surface area contributed by atoms with Crippen molar-refractivity contribution < 1.29 is 9.16 Å². The van der Waals surface area contributed by atoms with E-state index in [-0.39, 0.29) is 5.04 Å². The molecule has 0 aromatic rings. The predicted molar refractivity (Wildman–Crippen MR) is 59.0 cm³/mol. The van der Waals surface area contributed by atoms with Crippen molar-refractivity contribution in [2.45, 2.75) is 45.8 Å². The Balaban J connectivity index is 4.04. The SMILES string of the molecule is CCOC=CO[Si](C)(C)C(C)(C)C. The van der Waals surface area contributed by atoms with Crippen LogP contribution in [0, 0.1) is 0 Å². The first-order valence-electron chi connectivity index (χ1n) is 4.75. The zero-order chi connectivity index (χ0) is 10.5. The third-order valence-corrected chi connectivity index (χ3v) is 6.83. The first kappa shape index (κ1) is 12.6. The van der Waals surface area contributed by atoms with Crippen molar-refractivity contribution in [3.63, 3.8) is 0 Å². The highest BCUT2D eigenvalue weighted by molar-refractivity contribution is 6.74. The third kappa shape index (κ3) is 4.36. The van der Waals surface area contributed by atoms with Gasteiger partial charge in [0.15, 0.2) is 0 Å². The molecule has 0 aromatic carbocycles. The van der Waals surface area contributed by atoms with Gasteiger partial charge in [-0.15, -0.1) is 0 Å². The molecule has 0 aliphatic rings. The summed E-state index contributed by atoms with van der Waals surface area (Å²) in [5.74, 6) is 0. The Hall–Kier alpha value is -0.443. The molecule has 0 N–H and O–H groups in total. The monoisotopic (exact) mass is 202 g/mol. The van der Waals surface area contributed by atoms with Gasteiger partial charge in [0.05, 0.1) is 6.61 Å². The van der Waals surface area contributed by atoms with Gasteiger partial charge in [-0.25, -0.2) is 0 Å². The van der Waals surface area contributed by atoms with Crippen molar-refractivity contribution in [3.8, 4) is 0 Å². The molecule has 2 nitrogen and oxygen atoms in total. The molecule has 0 spiro atoms. The maximum Gasteiger partial charge on any atom is 0.249 e. The van der Waals surface area contributed by atoms with Gasteiger partial charge in [-0.05, 0) is 25.1 Å². The number of rotatable bonds is 4. The standard InChI is InChI=1S/C10H22O2Si/c1-7-11-8-9-12-13(5,6)10(2,3)4/h8-9H,7H2,1-6H3. The summed E-state index contributed by atoms with van der Waals surface area (Å²) < 4.78 is 10.8. The van der Waals surface area contributed by atoms with Gasteiger partial charge in [0.1, 0.15) is 12.5 Å². The molecule has 0 aromatic heterocycles. The van der Waals surface area contributed by atoms with Gasteiger partial charge in [-0.3, -0.25) is 0 Å². The Bertz CT molecular complexity index is 168. The Labute approximate surface area is 83.1 Å². The van der Waals surface area contributed by atoms with Crippen molar-refractivity contribution >= 4 is 8.32 Å². The molecule has 0 radical (unpaired) electrons. The third-order valence-electron chi connectivity index (χ3n) is 2.49. The van der Waals surface area contributed by atoms with Gasteiger partial charge in [0.2, 0.25) is 8.32 Å². The topological polar surface area (TPSA) is 18.5 Å². The lowest BCUT2D eigenvalue weighted by Gasteiger charge is -2.34. The van der Waals surface area contributed by atoms with Crippen LogP contribution in [0.1, 0.15) is 27.7 Å². The van der Waals surface area contributed by atoms with Gasteiger partial charge in [-0.2, -0.15) is 0 Å². The van der Waals surface area contributed by atoms with E-state index in [9.17, 15) is 0 Å². The van der Waals surface area contributed by atoms with Crippen molar-refractivity contribution in [1.82, 2.24) is 0 Å².